The van der Waals surface area contributed by atoms with Gasteiger partial charge in [-0.25, -0.2) is 19.7 Å². The summed E-state index contributed by atoms with van der Waals surface area (Å²) in [6, 6.07) is 9.11. The van der Waals surface area contributed by atoms with Crippen LogP contribution in [0.15, 0.2) is 54.4 Å². The number of H-pyrrole nitrogens is 1. The zero-order valence-electron chi connectivity index (χ0n) is 15.7. The van der Waals surface area contributed by atoms with Crippen LogP contribution in [-0.2, 0) is 0 Å². The number of carbonyl (C=O) groups is 1. The number of thiazole rings is 2. The fourth-order valence-electron chi connectivity index (χ4n) is 2.97. The lowest BCUT2D eigenvalue weighted by Crippen LogP contribution is -2.19. The van der Waals surface area contributed by atoms with Crippen LogP contribution in [0.25, 0.3) is 32.2 Å². The van der Waals surface area contributed by atoms with Gasteiger partial charge in [0, 0.05) is 22.8 Å². The Morgan fingerprint density at radius 1 is 1.17 bits per heavy atom. The molecule has 0 unspecified atom stereocenters. The Hall–Kier alpha value is -3.63. The molecule has 4 heterocycles. The number of imidazole rings is 1. The van der Waals surface area contributed by atoms with Crippen LogP contribution in [-0.4, -0.2) is 31.0 Å². The summed E-state index contributed by atoms with van der Waals surface area (Å²) in [5.74, 6) is 0. The molecule has 4 aromatic heterocycles. The number of hydrogen-bond acceptors (Lipinski definition) is 7. The average Bonchev–Trinajstić information content (AvgIpc) is 3.46. The lowest BCUT2D eigenvalue weighted by atomic mass is 10.1. The number of anilines is 2. The van der Waals surface area contributed by atoms with Crippen LogP contribution in [0.1, 0.15) is 5.69 Å². The van der Waals surface area contributed by atoms with E-state index in [1.807, 2.05) is 30.5 Å². The third-order valence-electron chi connectivity index (χ3n) is 4.28. The van der Waals surface area contributed by atoms with Crippen LogP contribution in [0.2, 0.25) is 0 Å². The number of hydrogen-bond donors (Lipinski definition) is 3. The molecule has 0 aliphatic carbocycles. The first-order valence-corrected chi connectivity index (χ1v) is 10.7. The summed E-state index contributed by atoms with van der Waals surface area (Å²) in [6.45, 7) is 1.97. The minimum absolute atomic E-state index is 0.364. The molecule has 0 saturated heterocycles. The summed E-state index contributed by atoms with van der Waals surface area (Å²) >= 11 is 2.98. The number of pyridine rings is 1. The molecule has 3 N–H and O–H groups in total. The summed E-state index contributed by atoms with van der Waals surface area (Å²) < 4.78 is 0.958. The second-order valence-corrected chi connectivity index (χ2v) is 8.33. The van der Waals surface area contributed by atoms with Crippen LogP contribution in [0, 0.1) is 6.92 Å². The molecule has 2 amide bonds. The van der Waals surface area contributed by atoms with Crippen molar-refractivity contribution in [1.82, 2.24) is 24.9 Å². The Bertz CT molecular complexity index is 1340. The number of amides is 2. The molecule has 0 aliphatic rings. The highest BCUT2D eigenvalue weighted by molar-refractivity contribution is 7.22. The van der Waals surface area contributed by atoms with E-state index in [1.54, 1.807) is 42.2 Å². The molecule has 5 aromatic rings. The van der Waals surface area contributed by atoms with E-state index in [2.05, 4.69) is 35.6 Å². The summed E-state index contributed by atoms with van der Waals surface area (Å²) in [5.41, 5.74) is 5.11. The van der Waals surface area contributed by atoms with Crippen molar-refractivity contribution in [2.75, 3.05) is 10.6 Å². The highest BCUT2D eigenvalue weighted by Crippen LogP contribution is 2.34. The molecule has 30 heavy (non-hydrogen) atoms. The summed E-state index contributed by atoms with van der Waals surface area (Å²) in [6.07, 6.45) is 4.90. The number of rotatable bonds is 4. The zero-order chi connectivity index (χ0) is 20.5. The maximum atomic E-state index is 12.2. The molecule has 148 valence electrons. The largest absolute Gasteiger partial charge is 0.344 e. The van der Waals surface area contributed by atoms with Gasteiger partial charge in [-0.05, 0) is 31.2 Å². The third-order valence-corrected chi connectivity index (χ3v) is 6.18. The SMILES string of the molecule is Cc1csc(-c2nc[nH]c2-c2ccc3nc(NC(=O)Nc4cccnc4)sc3c2)n1. The predicted octanol–water partition coefficient (Wildman–Crippen LogP) is 5.16. The van der Waals surface area contributed by atoms with E-state index in [0.29, 0.717) is 10.8 Å². The number of benzene rings is 1. The van der Waals surface area contributed by atoms with E-state index in [-0.39, 0.29) is 6.03 Å². The number of aromatic amines is 1. The van der Waals surface area contributed by atoms with Gasteiger partial charge < -0.3 is 10.3 Å². The summed E-state index contributed by atoms with van der Waals surface area (Å²) in [7, 11) is 0. The molecule has 0 bridgehead atoms. The van der Waals surface area contributed by atoms with Gasteiger partial charge in [0.2, 0.25) is 0 Å². The average molecular weight is 434 g/mol. The van der Waals surface area contributed by atoms with E-state index in [0.717, 1.165) is 37.9 Å². The lowest BCUT2D eigenvalue weighted by Gasteiger charge is -2.03. The maximum absolute atomic E-state index is 12.2. The van der Waals surface area contributed by atoms with Crippen LogP contribution in [0.5, 0.6) is 0 Å². The minimum Gasteiger partial charge on any atom is -0.344 e. The quantitative estimate of drug-likeness (QED) is 0.363. The first-order chi connectivity index (χ1) is 14.7. The molecular formula is C20H15N7OS2. The Kier molecular flexibility index (Phi) is 4.69. The molecule has 1 aromatic carbocycles. The van der Waals surface area contributed by atoms with E-state index in [9.17, 15) is 4.79 Å². The monoisotopic (exact) mass is 433 g/mol. The van der Waals surface area contributed by atoms with Gasteiger partial charge in [0.15, 0.2) is 5.13 Å². The summed E-state index contributed by atoms with van der Waals surface area (Å²) in [5, 5.41) is 8.91. The second-order valence-electron chi connectivity index (χ2n) is 6.44. The molecular weight excluding hydrogens is 418 g/mol. The Morgan fingerprint density at radius 2 is 2.10 bits per heavy atom. The normalized spacial score (nSPS) is 11.0. The fraction of sp³-hybridized carbons (Fsp3) is 0.0500. The minimum atomic E-state index is -0.364. The van der Waals surface area contributed by atoms with Crippen molar-refractivity contribution in [3.8, 4) is 22.0 Å². The van der Waals surface area contributed by atoms with Gasteiger partial charge in [0.25, 0.3) is 0 Å². The molecule has 0 atom stereocenters. The van der Waals surface area contributed by atoms with Crippen molar-refractivity contribution in [2.24, 2.45) is 0 Å². The van der Waals surface area contributed by atoms with Crippen LogP contribution in [0.3, 0.4) is 0 Å². The molecule has 5 rings (SSSR count). The molecule has 0 fully saturated rings. The number of aryl methyl sites for hydroxylation is 1. The molecule has 0 spiro atoms. The molecule has 8 nitrogen and oxygen atoms in total. The van der Waals surface area contributed by atoms with Crippen LogP contribution in [0.4, 0.5) is 15.6 Å². The molecule has 0 radical (unpaired) electrons. The van der Waals surface area contributed by atoms with E-state index >= 15 is 0 Å². The molecule has 10 heteroatoms. The molecule has 0 saturated carbocycles. The number of carbonyl (C=O) groups excluding carboxylic acids is 1. The number of urea groups is 1. The number of fused-ring (bicyclic) bond motifs is 1. The third kappa shape index (κ3) is 3.65. The Morgan fingerprint density at radius 3 is 2.90 bits per heavy atom. The van der Waals surface area contributed by atoms with Gasteiger partial charge in [-0.3, -0.25) is 10.3 Å². The van der Waals surface area contributed by atoms with Crippen molar-refractivity contribution < 1.29 is 4.79 Å². The predicted molar refractivity (Wildman–Crippen MR) is 120 cm³/mol. The Balaban J connectivity index is 1.40. The second kappa shape index (κ2) is 7.65. The number of aromatic nitrogens is 5. The topological polar surface area (TPSA) is 108 Å². The first-order valence-electron chi connectivity index (χ1n) is 9.00. The molecule has 0 aliphatic heterocycles. The van der Waals surface area contributed by atoms with E-state index < -0.39 is 0 Å². The van der Waals surface area contributed by atoms with Crippen molar-refractivity contribution in [2.45, 2.75) is 6.92 Å². The number of nitrogens with zero attached hydrogens (tertiary/aromatic N) is 4. The fourth-order valence-corrected chi connectivity index (χ4v) is 4.67. The standard InChI is InChI=1S/C20H15N7OS2/c1-11-9-29-18(24-11)17-16(22-10-23-17)12-4-5-14-15(7-12)30-20(26-14)27-19(28)25-13-3-2-6-21-8-13/h2-10H,1H3,(H,22,23)(H2,25,26,27,28). The van der Waals surface area contributed by atoms with Crippen LogP contribution >= 0.6 is 22.7 Å². The Labute approximate surface area is 179 Å². The van der Waals surface area contributed by atoms with Crippen molar-refractivity contribution in [3.63, 3.8) is 0 Å². The van der Waals surface area contributed by atoms with Crippen molar-refractivity contribution in [3.05, 3.63) is 60.1 Å². The van der Waals surface area contributed by atoms with Crippen LogP contribution < -0.4 is 10.6 Å². The van der Waals surface area contributed by atoms with Gasteiger partial charge in [-0.15, -0.1) is 11.3 Å². The summed E-state index contributed by atoms with van der Waals surface area (Å²) in [4.78, 5) is 32.9. The number of nitrogens with one attached hydrogen (secondary N) is 3. The smallest absolute Gasteiger partial charge is 0.325 e. The van der Waals surface area contributed by atoms with Crippen molar-refractivity contribution >= 4 is 49.7 Å². The first kappa shape index (κ1) is 18.4. The lowest BCUT2D eigenvalue weighted by molar-refractivity contribution is 0.262. The zero-order valence-corrected chi connectivity index (χ0v) is 17.3. The highest BCUT2D eigenvalue weighted by atomic mass is 32.1. The maximum Gasteiger partial charge on any atom is 0.325 e. The van der Waals surface area contributed by atoms with Gasteiger partial charge in [0.1, 0.15) is 10.7 Å². The highest BCUT2D eigenvalue weighted by Gasteiger charge is 2.15. The van der Waals surface area contributed by atoms with Gasteiger partial charge in [-0.2, -0.15) is 0 Å². The van der Waals surface area contributed by atoms with Gasteiger partial charge in [0.05, 0.1) is 34.1 Å². The van der Waals surface area contributed by atoms with E-state index in [4.69, 9.17) is 0 Å². The van der Waals surface area contributed by atoms with Crippen molar-refractivity contribution in [1.29, 1.82) is 0 Å². The van der Waals surface area contributed by atoms with E-state index in [1.165, 1.54) is 11.3 Å². The van der Waals surface area contributed by atoms with Gasteiger partial charge in [-0.1, -0.05) is 17.4 Å². The van der Waals surface area contributed by atoms with Gasteiger partial charge >= 0.3 is 6.03 Å².